The zero-order chi connectivity index (χ0) is 11.3. The predicted octanol–water partition coefficient (Wildman–Crippen LogP) is 1.57. The summed E-state index contributed by atoms with van der Waals surface area (Å²) in [4.78, 5) is 11.1. The minimum atomic E-state index is -0.859. The maximum absolute atomic E-state index is 11.1. The number of aliphatic hydroxyl groups excluding tert-OH is 1. The summed E-state index contributed by atoms with van der Waals surface area (Å²) in [6.45, 7) is 0. The fourth-order valence-electron chi connectivity index (χ4n) is 1.45. The van der Waals surface area contributed by atoms with Crippen molar-refractivity contribution in [3.05, 3.63) is 35.9 Å². The molecular weight excluding hydrogens is 381 g/mol. The fourth-order valence-corrected chi connectivity index (χ4v) is 2.37. The SMILES string of the molecule is O=C(O)C(CC(O)[CH2][Hg])c1ccccc1. The van der Waals surface area contributed by atoms with Crippen LogP contribution >= 0.6 is 0 Å². The van der Waals surface area contributed by atoms with Crippen molar-refractivity contribution in [3.8, 4) is 0 Å². The first-order valence-corrected chi connectivity index (χ1v) is 8.79. The van der Waals surface area contributed by atoms with Gasteiger partial charge in [0.15, 0.2) is 0 Å². The van der Waals surface area contributed by atoms with E-state index in [-0.39, 0.29) is 0 Å². The summed E-state index contributed by atoms with van der Waals surface area (Å²) in [5.41, 5.74) is 0.769. The molecule has 1 rings (SSSR count). The average Bonchev–Trinajstić information content (AvgIpc) is 2.26. The Hall–Kier alpha value is -0.415. The maximum atomic E-state index is 11.1. The van der Waals surface area contributed by atoms with E-state index in [2.05, 4.69) is 0 Å². The number of carboxylic acids is 1. The number of rotatable bonds is 5. The third-order valence-electron chi connectivity index (χ3n) is 2.34. The Morgan fingerprint density at radius 1 is 1.33 bits per heavy atom. The van der Waals surface area contributed by atoms with Gasteiger partial charge >= 0.3 is 105 Å². The number of aliphatic hydroxyl groups is 1. The molecule has 0 saturated heterocycles. The molecule has 0 bridgehead atoms. The summed E-state index contributed by atoms with van der Waals surface area (Å²) >= 11 is 0.514. The molecule has 0 spiro atoms. The van der Waals surface area contributed by atoms with Crippen LogP contribution in [0.5, 0.6) is 0 Å². The van der Waals surface area contributed by atoms with Gasteiger partial charge in [0.05, 0.1) is 0 Å². The zero-order valence-corrected chi connectivity index (χ0v) is 14.0. The molecular formula is C11H13HgO3. The van der Waals surface area contributed by atoms with Crippen LogP contribution in [0.4, 0.5) is 0 Å². The van der Waals surface area contributed by atoms with Gasteiger partial charge in [-0.2, -0.15) is 0 Å². The first kappa shape index (κ1) is 12.7. The Morgan fingerprint density at radius 3 is 2.40 bits per heavy atom. The molecule has 0 aliphatic carbocycles. The van der Waals surface area contributed by atoms with Crippen LogP contribution in [0.15, 0.2) is 30.3 Å². The van der Waals surface area contributed by atoms with Crippen molar-refractivity contribution in [3.63, 3.8) is 0 Å². The van der Waals surface area contributed by atoms with Gasteiger partial charge in [0.2, 0.25) is 0 Å². The summed E-state index contributed by atoms with van der Waals surface area (Å²) in [5, 5.41) is 18.6. The molecule has 2 atom stereocenters. The summed E-state index contributed by atoms with van der Waals surface area (Å²) in [6.07, 6.45) is -0.141. The molecule has 77 valence electrons. The molecule has 15 heavy (non-hydrogen) atoms. The molecule has 0 aliphatic rings. The van der Waals surface area contributed by atoms with Crippen LogP contribution in [0, 0.1) is 0 Å². The van der Waals surface area contributed by atoms with Crippen molar-refractivity contribution in [2.75, 3.05) is 0 Å². The predicted molar refractivity (Wildman–Crippen MR) is 52.2 cm³/mol. The van der Waals surface area contributed by atoms with Crippen molar-refractivity contribution in [1.82, 2.24) is 0 Å². The van der Waals surface area contributed by atoms with E-state index < -0.39 is 18.0 Å². The first-order chi connectivity index (χ1) is 7.15. The molecule has 0 amide bonds. The third kappa shape index (κ3) is 3.91. The Bertz CT molecular complexity index is 313. The van der Waals surface area contributed by atoms with E-state index in [1.165, 1.54) is 0 Å². The number of benzene rings is 1. The minimum absolute atomic E-state index is 0.322. The average molecular weight is 394 g/mol. The van der Waals surface area contributed by atoms with Crippen molar-refractivity contribution in [2.45, 2.75) is 22.4 Å². The summed E-state index contributed by atoms with van der Waals surface area (Å²) < 4.78 is 0.774. The van der Waals surface area contributed by atoms with Gasteiger partial charge in [-0.3, -0.25) is 0 Å². The van der Waals surface area contributed by atoms with Crippen molar-refractivity contribution in [1.29, 1.82) is 0 Å². The number of carbonyl (C=O) groups is 1. The molecule has 4 heteroatoms. The third-order valence-corrected chi connectivity index (χ3v) is 4.93. The Kier molecular flexibility index (Phi) is 5.25. The van der Waals surface area contributed by atoms with Gasteiger partial charge in [-0.05, 0) is 0 Å². The summed E-state index contributed by atoms with van der Waals surface area (Å²) in [7, 11) is 0. The van der Waals surface area contributed by atoms with Gasteiger partial charge in [-0.25, -0.2) is 0 Å². The van der Waals surface area contributed by atoms with Crippen LogP contribution in [-0.4, -0.2) is 22.3 Å². The van der Waals surface area contributed by atoms with Gasteiger partial charge in [-0.1, -0.05) is 0 Å². The van der Waals surface area contributed by atoms with E-state index in [4.69, 9.17) is 5.11 Å². The van der Waals surface area contributed by atoms with Crippen molar-refractivity contribution < 1.29 is 41.1 Å². The Morgan fingerprint density at radius 2 is 1.93 bits per heavy atom. The van der Waals surface area contributed by atoms with Gasteiger partial charge in [0, 0.05) is 0 Å². The molecule has 2 N–H and O–H groups in total. The monoisotopic (exact) mass is 395 g/mol. The van der Waals surface area contributed by atoms with E-state index in [1.54, 1.807) is 12.1 Å². The Labute approximate surface area is 105 Å². The number of carboxylic acid groups (broad SMARTS) is 1. The number of hydrogen-bond donors (Lipinski definition) is 2. The second kappa shape index (κ2) is 6.23. The molecule has 2 unspecified atom stereocenters. The summed E-state index contributed by atoms with van der Waals surface area (Å²) in [6, 6.07) is 9.09. The number of hydrogen-bond acceptors (Lipinski definition) is 2. The fraction of sp³-hybridized carbons (Fsp3) is 0.364. The standard InChI is InChI=1S/C11H13O3.Hg/c1-8(12)7-10(11(13)14)9-5-3-2-4-6-9;/h2-6,8,10,12H,1,7H2,(H,13,14);. The zero-order valence-electron chi connectivity index (χ0n) is 8.47. The molecule has 0 aliphatic heterocycles. The molecule has 1 aromatic rings. The first-order valence-electron chi connectivity index (χ1n) is 4.90. The van der Waals surface area contributed by atoms with Crippen LogP contribution in [0.2, 0.25) is 3.93 Å². The van der Waals surface area contributed by atoms with Crippen LogP contribution in [0.25, 0.3) is 0 Å². The second-order valence-corrected chi connectivity index (χ2v) is 5.72. The summed E-state index contributed by atoms with van der Waals surface area (Å²) in [5.74, 6) is -1.44. The molecule has 0 aromatic heterocycles. The van der Waals surface area contributed by atoms with Crippen LogP contribution in [-0.2, 0) is 30.9 Å². The van der Waals surface area contributed by atoms with E-state index in [0.717, 1.165) is 9.49 Å². The number of aliphatic carboxylic acids is 1. The molecule has 3 nitrogen and oxygen atoms in total. The van der Waals surface area contributed by atoms with Gasteiger partial charge in [0.25, 0.3) is 0 Å². The molecule has 0 saturated carbocycles. The second-order valence-electron chi connectivity index (χ2n) is 3.48. The van der Waals surface area contributed by atoms with Crippen LogP contribution in [0.1, 0.15) is 17.9 Å². The normalized spacial score (nSPS) is 14.6. The molecule has 0 radical (unpaired) electrons. The van der Waals surface area contributed by atoms with Gasteiger partial charge in [0.1, 0.15) is 0 Å². The van der Waals surface area contributed by atoms with Gasteiger partial charge < -0.3 is 0 Å². The molecule has 0 fully saturated rings. The van der Waals surface area contributed by atoms with Gasteiger partial charge in [-0.15, -0.1) is 0 Å². The van der Waals surface area contributed by atoms with Crippen molar-refractivity contribution >= 4 is 5.97 Å². The van der Waals surface area contributed by atoms with E-state index >= 15 is 0 Å². The molecule has 0 heterocycles. The Balaban J connectivity index is 2.80. The van der Waals surface area contributed by atoms with Crippen LogP contribution < -0.4 is 0 Å². The van der Waals surface area contributed by atoms with Crippen molar-refractivity contribution in [2.24, 2.45) is 0 Å². The molecule has 1 aromatic carbocycles. The topological polar surface area (TPSA) is 57.5 Å². The quantitative estimate of drug-likeness (QED) is 0.747. The van der Waals surface area contributed by atoms with E-state index in [1.807, 2.05) is 18.2 Å². The van der Waals surface area contributed by atoms with E-state index in [0.29, 0.717) is 32.5 Å². The van der Waals surface area contributed by atoms with Crippen LogP contribution in [0.3, 0.4) is 0 Å². The van der Waals surface area contributed by atoms with E-state index in [9.17, 15) is 9.90 Å².